The van der Waals surface area contributed by atoms with Gasteiger partial charge in [0.15, 0.2) is 0 Å². The van der Waals surface area contributed by atoms with Gasteiger partial charge in [0.1, 0.15) is 34.4 Å². The molecule has 0 spiro atoms. The summed E-state index contributed by atoms with van der Waals surface area (Å²) in [6.45, 7) is 7.98. The summed E-state index contributed by atoms with van der Waals surface area (Å²) >= 11 is 1.67. The van der Waals surface area contributed by atoms with Crippen molar-refractivity contribution in [1.82, 2.24) is 9.97 Å². The van der Waals surface area contributed by atoms with Crippen molar-refractivity contribution in [2.24, 2.45) is 10.9 Å². The highest BCUT2D eigenvalue weighted by molar-refractivity contribution is 8.00. The second kappa shape index (κ2) is 14.3. The third kappa shape index (κ3) is 8.23. The molecule has 3 atom stereocenters. The van der Waals surface area contributed by atoms with Crippen molar-refractivity contribution in [1.29, 1.82) is 0 Å². The summed E-state index contributed by atoms with van der Waals surface area (Å²) in [6.07, 6.45) is 3.60. The number of aromatic nitrogens is 2. The Morgan fingerprint density at radius 2 is 1.82 bits per heavy atom. The fourth-order valence-corrected chi connectivity index (χ4v) is 6.44. The van der Waals surface area contributed by atoms with E-state index in [0.717, 1.165) is 48.1 Å². The van der Waals surface area contributed by atoms with E-state index in [1.165, 1.54) is 6.20 Å². The SMILES string of the molecule is COCCS[C@@H]1C(=NC(=O)OC(C)(C)C)C[C@H](c2ccncc2NC(=O)c2ccc(F)c(-c3c(F)cccc3F)n2)C[C@@H]1C. The molecule has 2 amide bonds. The number of hydrogen-bond acceptors (Lipinski definition) is 7. The number of carbonyl (C=O) groups is 2. The average Bonchev–Trinajstić information content (AvgIpc) is 2.94. The van der Waals surface area contributed by atoms with Gasteiger partial charge in [-0.25, -0.2) is 22.9 Å². The van der Waals surface area contributed by atoms with E-state index in [4.69, 9.17) is 9.47 Å². The molecule has 0 unspecified atom stereocenters. The molecule has 12 heteroatoms. The number of anilines is 1. The summed E-state index contributed by atoms with van der Waals surface area (Å²) in [6, 6.07) is 6.99. The quantitative estimate of drug-likeness (QED) is 0.259. The van der Waals surface area contributed by atoms with Crippen LogP contribution in [0, 0.1) is 23.4 Å². The molecular weight excluding hydrogens is 593 g/mol. The number of carbonyl (C=O) groups excluding carboxylic acids is 2. The summed E-state index contributed by atoms with van der Waals surface area (Å²) in [5, 5.41) is 2.75. The summed E-state index contributed by atoms with van der Waals surface area (Å²) in [7, 11) is 1.64. The molecule has 8 nitrogen and oxygen atoms in total. The Morgan fingerprint density at radius 1 is 1.09 bits per heavy atom. The Hall–Kier alpha value is -3.77. The van der Waals surface area contributed by atoms with Gasteiger partial charge in [0.2, 0.25) is 0 Å². The minimum Gasteiger partial charge on any atom is -0.442 e. The monoisotopic (exact) mass is 628 g/mol. The molecule has 1 aromatic carbocycles. The number of halogens is 3. The molecular formula is C32H35F3N4O4S. The Bertz CT molecular complexity index is 1530. The van der Waals surface area contributed by atoms with E-state index >= 15 is 0 Å². The van der Waals surface area contributed by atoms with E-state index in [-0.39, 0.29) is 22.8 Å². The first-order chi connectivity index (χ1) is 20.9. The van der Waals surface area contributed by atoms with Gasteiger partial charge in [-0.3, -0.25) is 9.78 Å². The number of ether oxygens (including phenoxy) is 2. The Labute approximate surface area is 258 Å². The van der Waals surface area contributed by atoms with Crippen LogP contribution in [0.3, 0.4) is 0 Å². The van der Waals surface area contributed by atoms with Crippen molar-refractivity contribution in [3.63, 3.8) is 0 Å². The van der Waals surface area contributed by atoms with E-state index in [0.29, 0.717) is 24.4 Å². The van der Waals surface area contributed by atoms with Gasteiger partial charge in [0.05, 0.1) is 24.1 Å². The Kier molecular flexibility index (Phi) is 10.8. The molecule has 1 fully saturated rings. The number of nitrogens with zero attached hydrogens (tertiary/aromatic N) is 3. The fraction of sp³-hybridized carbons (Fsp3) is 0.406. The Morgan fingerprint density at radius 3 is 2.50 bits per heavy atom. The van der Waals surface area contributed by atoms with Gasteiger partial charge in [0.25, 0.3) is 5.91 Å². The van der Waals surface area contributed by atoms with Crippen LogP contribution in [-0.2, 0) is 9.47 Å². The maximum atomic E-state index is 14.6. The van der Waals surface area contributed by atoms with Crippen LogP contribution in [-0.4, -0.2) is 58.0 Å². The van der Waals surface area contributed by atoms with Crippen LogP contribution in [0.5, 0.6) is 0 Å². The van der Waals surface area contributed by atoms with Gasteiger partial charge in [-0.2, -0.15) is 4.99 Å². The largest absolute Gasteiger partial charge is 0.442 e. The van der Waals surface area contributed by atoms with Gasteiger partial charge in [-0.05, 0) is 81.3 Å². The smallest absolute Gasteiger partial charge is 0.434 e. The van der Waals surface area contributed by atoms with Crippen LogP contribution in [0.15, 0.2) is 53.8 Å². The molecule has 3 aromatic rings. The lowest BCUT2D eigenvalue weighted by atomic mass is 9.77. The summed E-state index contributed by atoms with van der Waals surface area (Å²) in [5.41, 5.74) is -0.364. The van der Waals surface area contributed by atoms with E-state index < -0.39 is 46.3 Å². The van der Waals surface area contributed by atoms with Crippen LogP contribution in [0.1, 0.15) is 62.5 Å². The van der Waals surface area contributed by atoms with Gasteiger partial charge < -0.3 is 14.8 Å². The maximum absolute atomic E-state index is 14.6. The number of benzene rings is 1. The molecule has 1 aliphatic carbocycles. The lowest BCUT2D eigenvalue weighted by Gasteiger charge is -2.36. The van der Waals surface area contributed by atoms with E-state index in [9.17, 15) is 22.8 Å². The molecule has 44 heavy (non-hydrogen) atoms. The molecule has 0 bridgehead atoms. The van der Waals surface area contributed by atoms with E-state index in [2.05, 4.69) is 27.2 Å². The van der Waals surface area contributed by atoms with Crippen LogP contribution in [0.2, 0.25) is 0 Å². The van der Waals surface area contributed by atoms with Gasteiger partial charge in [-0.1, -0.05) is 13.0 Å². The zero-order chi connectivity index (χ0) is 32.0. The molecule has 2 aromatic heterocycles. The topological polar surface area (TPSA) is 103 Å². The first-order valence-corrected chi connectivity index (χ1v) is 15.2. The third-order valence-electron chi connectivity index (χ3n) is 6.99. The first kappa shape index (κ1) is 33.1. The average molecular weight is 629 g/mol. The number of nitrogens with one attached hydrogen (secondary N) is 1. The maximum Gasteiger partial charge on any atom is 0.434 e. The molecule has 4 rings (SSSR count). The minimum atomic E-state index is -1.00. The van der Waals surface area contributed by atoms with Crippen molar-refractivity contribution < 1.29 is 32.2 Å². The van der Waals surface area contributed by atoms with Gasteiger partial charge in [-0.15, -0.1) is 11.8 Å². The predicted molar refractivity (Wildman–Crippen MR) is 165 cm³/mol. The van der Waals surface area contributed by atoms with Crippen molar-refractivity contribution in [2.45, 2.75) is 57.3 Å². The van der Waals surface area contributed by atoms with Crippen molar-refractivity contribution >= 4 is 35.2 Å². The van der Waals surface area contributed by atoms with E-state index in [1.807, 2.05) is 0 Å². The fourth-order valence-electron chi connectivity index (χ4n) is 5.14. The zero-order valence-corrected chi connectivity index (χ0v) is 26.0. The van der Waals surface area contributed by atoms with Crippen LogP contribution < -0.4 is 5.32 Å². The second-order valence-electron chi connectivity index (χ2n) is 11.5. The Balaban J connectivity index is 1.62. The number of amides is 2. The third-order valence-corrected chi connectivity index (χ3v) is 8.49. The number of thioether (sulfide) groups is 1. The lowest BCUT2D eigenvalue weighted by molar-refractivity contribution is 0.0603. The zero-order valence-electron chi connectivity index (χ0n) is 25.2. The number of rotatable bonds is 8. The molecule has 1 saturated carbocycles. The molecule has 0 saturated heterocycles. The summed E-state index contributed by atoms with van der Waals surface area (Å²) in [5.74, 6) is -2.98. The lowest BCUT2D eigenvalue weighted by Crippen LogP contribution is -2.35. The van der Waals surface area contributed by atoms with Gasteiger partial charge in [0, 0.05) is 30.0 Å². The van der Waals surface area contributed by atoms with Crippen molar-refractivity contribution in [2.75, 3.05) is 24.8 Å². The number of methoxy groups -OCH3 is 1. The molecule has 0 radical (unpaired) electrons. The minimum absolute atomic E-state index is 0.0330. The highest BCUT2D eigenvalue weighted by Gasteiger charge is 2.36. The molecule has 1 aliphatic rings. The summed E-state index contributed by atoms with van der Waals surface area (Å²) < 4.78 is 54.1. The highest BCUT2D eigenvalue weighted by Crippen LogP contribution is 2.42. The molecule has 234 valence electrons. The standard InChI is InChI=1S/C32H35F3N4O4S/c1-18-15-19(16-25(29(18)44-14-13-42-5)39-31(41)43-32(2,3)4)20-11-12-36-17-26(20)38-30(40)24-10-9-23(35)28(37-24)27-21(33)7-6-8-22(27)34/h6-12,17-19,29H,13-16H2,1-5H3,(H,38,40)/t18-,19+,29-/m0/s1. The van der Waals surface area contributed by atoms with Crippen LogP contribution in [0.25, 0.3) is 11.3 Å². The number of aliphatic imine (C=N–C) groups is 1. The summed E-state index contributed by atoms with van der Waals surface area (Å²) in [4.78, 5) is 38.6. The number of pyridine rings is 2. The van der Waals surface area contributed by atoms with Crippen molar-refractivity contribution in [3.05, 3.63) is 77.5 Å². The first-order valence-electron chi connectivity index (χ1n) is 14.1. The molecule has 0 aliphatic heterocycles. The number of hydrogen-bond donors (Lipinski definition) is 1. The second-order valence-corrected chi connectivity index (χ2v) is 12.8. The van der Waals surface area contributed by atoms with E-state index in [1.54, 1.807) is 51.9 Å². The normalized spacial score (nSPS) is 19.5. The molecule has 2 heterocycles. The van der Waals surface area contributed by atoms with Gasteiger partial charge >= 0.3 is 6.09 Å². The van der Waals surface area contributed by atoms with Crippen molar-refractivity contribution in [3.8, 4) is 11.3 Å². The van der Waals surface area contributed by atoms with Crippen LogP contribution in [0.4, 0.5) is 23.7 Å². The molecule has 1 N–H and O–H groups in total. The highest BCUT2D eigenvalue weighted by atomic mass is 32.2. The predicted octanol–water partition coefficient (Wildman–Crippen LogP) is 7.45. The van der Waals surface area contributed by atoms with Crippen LogP contribution >= 0.6 is 11.8 Å².